The molecular weight excluding hydrogens is 348 g/mol. The van der Waals surface area contributed by atoms with Gasteiger partial charge in [-0.25, -0.2) is 8.42 Å². The average molecular weight is 366 g/mol. The summed E-state index contributed by atoms with van der Waals surface area (Å²) in [5.41, 5.74) is -0.584. The van der Waals surface area contributed by atoms with E-state index in [2.05, 4.69) is 10.6 Å². The molecule has 25 heavy (non-hydrogen) atoms. The molecule has 1 aromatic rings. The molecule has 2 aliphatic heterocycles. The first-order chi connectivity index (χ1) is 11.9. The van der Waals surface area contributed by atoms with Crippen LogP contribution >= 0.6 is 0 Å². The second-order valence-electron chi connectivity index (χ2n) is 6.68. The molecule has 4 rings (SSSR count). The lowest BCUT2D eigenvalue weighted by atomic mass is 10.0. The molecule has 134 valence electrons. The van der Waals surface area contributed by atoms with Gasteiger partial charge in [-0.1, -0.05) is 0 Å². The van der Waals surface area contributed by atoms with Crippen molar-refractivity contribution in [2.24, 2.45) is 5.41 Å². The molecule has 2 heterocycles. The van der Waals surface area contributed by atoms with Gasteiger partial charge >= 0.3 is 0 Å². The van der Waals surface area contributed by atoms with Gasteiger partial charge in [-0.05, 0) is 31.4 Å². The minimum atomic E-state index is -3.08. The number of amides is 2. The van der Waals surface area contributed by atoms with Crippen LogP contribution in [0, 0.1) is 5.41 Å². The number of carbonyl (C=O) groups excluding carboxylic acids is 2. The molecule has 2 N–H and O–H groups in total. The molecule has 0 aromatic heterocycles. The van der Waals surface area contributed by atoms with Crippen LogP contribution < -0.4 is 20.1 Å². The number of ether oxygens (including phenoxy) is 2. The largest absolute Gasteiger partial charge is 0.454 e. The second-order valence-corrected chi connectivity index (χ2v) is 8.91. The summed E-state index contributed by atoms with van der Waals surface area (Å²) in [5.74, 6) is 0.396. The van der Waals surface area contributed by atoms with Gasteiger partial charge in [0.2, 0.25) is 18.6 Å². The molecule has 1 saturated heterocycles. The van der Waals surface area contributed by atoms with Crippen LogP contribution in [0.1, 0.15) is 19.3 Å². The Labute approximate surface area is 144 Å². The number of nitrogens with one attached hydrogen (secondary N) is 2. The number of anilines is 1. The van der Waals surface area contributed by atoms with E-state index in [1.54, 1.807) is 18.2 Å². The summed E-state index contributed by atoms with van der Waals surface area (Å²) in [6.07, 6.45) is 1.30. The van der Waals surface area contributed by atoms with E-state index >= 15 is 0 Å². The van der Waals surface area contributed by atoms with Gasteiger partial charge in [-0.15, -0.1) is 0 Å². The van der Waals surface area contributed by atoms with E-state index < -0.39 is 27.2 Å². The lowest BCUT2D eigenvalue weighted by molar-refractivity contribution is -0.134. The third kappa shape index (κ3) is 3.04. The van der Waals surface area contributed by atoms with Crippen molar-refractivity contribution >= 4 is 27.3 Å². The smallest absolute Gasteiger partial charge is 0.240 e. The highest BCUT2D eigenvalue weighted by Crippen LogP contribution is 2.47. The van der Waals surface area contributed by atoms with Gasteiger partial charge in [0.15, 0.2) is 21.3 Å². The third-order valence-electron chi connectivity index (χ3n) is 4.82. The number of rotatable bonds is 4. The van der Waals surface area contributed by atoms with E-state index in [1.807, 2.05) is 0 Å². The third-order valence-corrected chi connectivity index (χ3v) is 6.59. The van der Waals surface area contributed by atoms with Crippen LogP contribution in [0.2, 0.25) is 0 Å². The van der Waals surface area contributed by atoms with E-state index in [0.29, 0.717) is 36.4 Å². The highest BCUT2D eigenvalue weighted by molar-refractivity contribution is 7.91. The Balaban J connectivity index is 1.42. The van der Waals surface area contributed by atoms with Gasteiger partial charge in [0.25, 0.3) is 0 Å². The topological polar surface area (TPSA) is 111 Å². The van der Waals surface area contributed by atoms with Crippen molar-refractivity contribution in [3.63, 3.8) is 0 Å². The fraction of sp³-hybridized carbons (Fsp3) is 0.500. The lowest BCUT2D eigenvalue weighted by Crippen LogP contribution is -2.45. The van der Waals surface area contributed by atoms with Gasteiger partial charge in [0.1, 0.15) is 5.41 Å². The zero-order valence-corrected chi connectivity index (χ0v) is 14.2. The van der Waals surface area contributed by atoms with Crippen LogP contribution in [0.25, 0.3) is 0 Å². The standard InChI is InChI=1S/C16H18N2O6S/c19-14(17-10-1-2-12-13(7-10)24-9-23-12)16(4-5-16)15(20)18-11-3-6-25(21,22)8-11/h1-2,7,11H,3-6,8-9H2,(H,17,19)(H,18,20). The monoisotopic (exact) mass is 366 g/mol. The van der Waals surface area contributed by atoms with Crippen molar-refractivity contribution in [3.8, 4) is 11.5 Å². The number of hydrogen-bond acceptors (Lipinski definition) is 6. The number of benzene rings is 1. The van der Waals surface area contributed by atoms with E-state index in [9.17, 15) is 18.0 Å². The second kappa shape index (κ2) is 5.62. The number of carbonyl (C=O) groups is 2. The molecule has 1 aliphatic carbocycles. The maximum Gasteiger partial charge on any atom is 0.240 e. The van der Waals surface area contributed by atoms with Crippen LogP contribution in [0.15, 0.2) is 18.2 Å². The predicted molar refractivity (Wildman–Crippen MR) is 88.1 cm³/mol. The lowest BCUT2D eigenvalue weighted by Gasteiger charge is -2.18. The average Bonchev–Trinajstić information content (AvgIpc) is 3.13. The van der Waals surface area contributed by atoms with Crippen LogP contribution in [0.3, 0.4) is 0 Å². The zero-order valence-electron chi connectivity index (χ0n) is 13.4. The van der Waals surface area contributed by atoms with Gasteiger partial charge in [0.05, 0.1) is 11.5 Å². The Kier molecular flexibility index (Phi) is 3.64. The van der Waals surface area contributed by atoms with Crippen molar-refractivity contribution in [1.29, 1.82) is 0 Å². The molecule has 1 saturated carbocycles. The molecule has 2 fully saturated rings. The van der Waals surface area contributed by atoms with Crippen molar-refractivity contribution in [2.45, 2.75) is 25.3 Å². The molecule has 1 unspecified atom stereocenters. The van der Waals surface area contributed by atoms with Gasteiger partial charge in [0, 0.05) is 17.8 Å². The van der Waals surface area contributed by atoms with Crippen molar-refractivity contribution < 1.29 is 27.5 Å². The Hall–Kier alpha value is -2.29. The van der Waals surface area contributed by atoms with E-state index in [1.165, 1.54) is 0 Å². The van der Waals surface area contributed by atoms with Gasteiger partial charge < -0.3 is 20.1 Å². The van der Waals surface area contributed by atoms with Crippen molar-refractivity contribution in [1.82, 2.24) is 5.32 Å². The summed E-state index contributed by atoms with van der Waals surface area (Å²) in [5, 5.41) is 5.46. The molecule has 0 spiro atoms. The molecule has 1 atom stereocenters. The maximum absolute atomic E-state index is 12.6. The van der Waals surface area contributed by atoms with Crippen molar-refractivity contribution in [2.75, 3.05) is 23.6 Å². The molecule has 9 heteroatoms. The zero-order chi connectivity index (χ0) is 17.7. The van der Waals surface area contributed by atoms with Crippen molar-refractivity contribution in [3.05, 3.63) is 18.2 Å². The molecule has 0 radical (unpaired) electrons. The fourth-order valence-corrected chi connectivity index (χ4v) is 4.81. The number of fused-ring (bicyclic) bond motifs is 1. The Bertz CT molecular complexity index is 846. The van der Waals surface area contributed by atoms with Crippen LogP contribution in [0.5, 0.6) is 11.5 Å². The molecule has 2 amide bonds. The summed E-state index contributed by atoms with van der Waals surface area (Å²) in [6.45, 7) is 0.142. The first kappa shape index (κ1) is 16.2. The summed E-state index contributed by atoms with van der Waals surface area (Å²) >= 11 is 0. The Morgan fingerprint density at radius 2 is 1.88 bits per heavy atom. The molecular formula is C16H18N2O6S. The molecule has 0 bridgehead atoms. The minimum Gasteiger partial charge on any atom is -0.454 e. The quantitative estimate of drug-likeness (QED) is 0.748. The first-order valence-electron chi connectivity index (χ1n) is 8.10. The van der Waals surface area contributed by atoms with E-state index in [4.69, 9.17) is 9.47 Å². The molecule has 3 aliphatic rings. The van der Waals surface area contributed by atoms with Gasteiger partial charge in [-0.3, -0.25) is 9.59 Å². The summed E-state index contributed by atoms with van der Waals surface area (Å²) < 4.78 is 33.5. The SMILES string of the molecule is O=C(Nc1ccc2c(c1)OCO2)C1(C(=O)NC2CCS(=O)(=O)C2)CC1. The minimum absolute atomic E-state index is 0.0569. The summed E-state index contributed by atoms with van der Waals surface area (Å²) in [7, 11) is -3.08. The fourth-order valence-electron chi connectivity index (χ4n) is 3.14. The molecule has 1 aromatic carbocycles. The number of sulfone groups is 1. The Morgan fingerprint density at radius 3 is 2.56 bits per heavy atom. The molecule has 8 nitrogen and oxygen atoms in total. The summed E-state index contributed by atoms with van der Waals surface area (Å²) in [6, 6.07) is 4.62. The van der Waals surface area contributed by atoms with Gasteiger partial charge in [-0.2, -0.15) is 0 Å². The van der Waals surface area contributed by atoms with E-state index in [0.717, 1.165) is 0 Å². The number of hydrogen-bond donors (Lipinski definition) is 2. The first-order valence-corrected chi connectivity index (χ1v) is 9.93. The van der Waals surface area contributed by atoms with Crippen LogP contribution in [0.4, 0.5) is 5.69 Å². The highest BCUT2D eigenvalue weighted by atomic mass is 32.2. The highest BCUT2D eigenvalue weighted by Gasteiger charge is 2.57. The van der Waals surface area contributed by atoms with E-state index in [-0.39, 0.29) is 24.2 Å². The predicted octanol–water partition coefficient (Wildman–Crippen LogP) is 0.437. The Morgan fingerprint density at radius 1 is 1.12 bits per heavy atom. The van der Waals surface area contributed by atoms with Crippen LogP contribution in [-0.2, 0) is 19.4 Å². The maximum atomic E-state index is 12.6. The normalized spacial score (nSPS) is 24.6. The van der Waals surface area contributed by atoms with Crippen LogP contribution in [-0.4, -0.2) is 44.6 Å². The summed E-state index contributed by atoms with van der Waals surface area (Å²) in [4.78, 5) is 25.1.